The van der Waals surface area contributed by atoms with Gasteiger partial charge in [0.2, 0.25) is 0 Å². The maximum absolute atomic E-state index is 9.45. The molecule has 4 heteroatoms. The minimum absolute atomic E-state index is 0.0683. The molecule has 0 radical (unpaired) electrons. The number of aliphatic hydroxyl groups is 1. The number of nitrogens with one attached hydrogen (secondary N) is 1. The van der Waals surface area contributed by atoms with Crippen molar-refractivity contribution >= 4 is 5.84 Å². The average Bonchev–Trinajstić information content (AvgIpc) is 2.53. The second-order valence-corrected chi connectivity index (χ2v) is 4.16. The summed E-state index contributed by atoms with van der Waals surface area (Å²) < 4.78 is 0. The monoisotopic (exact) mass is 199 g/mol. The molecule has 0 aliphatic carbocycles. The quantitative estimate of drug-likeness (QED) is 0.453. The Labute approximate surface area is 85.6 Å². The van der Waals surface area contributed by atoms with Gasteiger partial charge in [0.15, 0.2) is 0 Å². The van der Waals surface area contributed by atoms with Gasteiger partial charge in [-0.05, 0) is 32.2 Å². The minimum Gasteiger partial charge on any atom is -0.393 e. The lowest BCUT2D eigenvalue weighted by Crippen LogP contribution is -2.43. The molecular weight excluding hydrogens is 178 g/mol. The van der Waals surface area contributed by atoms with Crippen LogP contribution in [0.15, 0.2) is 0 Å². The predicted molar refractivity (Wildman–Crippen MR) is 57.4 cm³/mol. The first-order valence-electron chi connectivity index (χ1n) is 5.32. The van der Waals surface area contributed by atoms with E-state index in [-0.39, 0.29) is 18.0 Å². The highest BCUT2D eigenvalue weighted by Gasteiger charge is 2.30. The molecule has 1 heterocycles. The second kappa shape index (κ2) is 4.75. The van der Waals surface area contributed by atoms with Crippen LogP contribution in [0.5, 0.6) is 0 Å². The van der Waals surface area contributed by atoms with Crippen molar-refractivity contribution in [2.45, 2.75) is 38.8 Å². The zero-order valence-corrected chi connectivity index (χ0v) is 9.03. The van der Waals surface area contributed by atoms with E-state index in [0.29, 0.717) is 5.92 Å². The van der Waals surface area contributed by atoms with E-state index >= 15 is 0 Å². The van der Waals surface area contributed by atoms with Gasteiger partial charge >= 0.3 is 0 Å². The SMILES string of the molecule is CCC(C(=N)N)N1CCC(C(C)O)C1. The smallest absolute Gasteiger partial charge is 0.108 e. The Balaban J connectivity index is 2.51. The van der Waals surface area contributed by atoms with Crippen LogP contribution in [0.1, 0.15) is 26.7 Å². The third-order valence-corrected chi connectivity index (χ3v) is 3.12. The molecule has 1 fully saturated rings. The van der Waals surface area contributed by atoms with E-state index in [4.69, 9.17) is 11.1 Å². The number of hydrogen-bond donors (Lipinski definition) is 3. The molecule has 0 aromatic carbocycles. The van der Waals surface area contributed by atoms with Crippen LogP contribution in [0.3, 0.4) is 0 Å². The highest BCUT2D eigenvalue weighted by molar-refractivity contribution is 5.82. The molecule has 4 N–H and O–H groups in total. The number of aliphatic hydroxyl groups excluding tert-OH is 1. The first-order chi connectivity index (χ1) is 6.56. The molecule has 82 valence electrons. The van der Waals surface area contributed by atoms with Gasteiger partial charge in [0.1, 0.15) is 5.84 Å². The summed E-state index contributed by atoms with van der Waals surface area (Å²) in [4.78, 5) is 2.21. The zero-order chi connectivity index (χ0) is 10.7. The van der Waals surface area contributed by atoms with E-state index in [9.17, 15) is 5.11 Å². The Kier molecular flexibility index (Phi) is 3.89. The number of rotatable bonds is 4. The molecule has 3 atom stereocenters. The minimum atomic E-state index is -0.246. The predicted octanol–water partition coefficient (Wildman–Crippen LogP) is 0.404. The average molecular weight is 199 g/mol. The van der Waals surface area contributed by atoms with E-state index in [0.717, 1.165) is 25.9 Å². The lowest BCUT2D eigenvalue weighted by Gasteiger charge is -2.25. The van der Waals surface area contributed by atoms with Crippen LogP contribution in [0.25, 0.3) is 0 Å². The number of amidine groups is 1. The summed E-state index contributed by atoms with van der Waals surface area (Å²) in [6, 6.07) is 0.0683. The molecule has 0 aromatic rings. The summed E-state index contributed by atoms with van der Waals surface area (Å²) in [5, 5.41) is 16.9. The maximum atomic E-state index is 9.45. The summed E-state index contributed by atoms with van der Waals surface area (Å²) in [6.45, 7) is 5.70. The Morgan fingerprint density at radius 1 is 1.71 bits per heavy atom. The van der Waals surface area contributed by atoms with Gasteiger partial charge in [0.25, 0.3) is 0 Å². The molecule has 4 nitrogen and oxygen atoms in total. The molecule has 0 bridgehead atoms. The fraction of sp³-hybridized carbons (Fsp3) is 0.900. The van der Waals surface area contributed by atoms with E-state index in [1.54, 1.807) is 0 Å². The Hall–Kier alpha value is -0.610. The van der Waals surface area contributed by atoms with Crippen molar-refractivity contribution in [3.8, 4) is 0 Å². The van der Waals surface area contributed by atoms with Crippen molar-refractivity contribution in [3.05, 3.63) is 0 Å². The van der Waals surface area contributed by atoms with Crippen LogP contribution in [0.4, 0.5) is 0 Å². The van der Waals surface area contributed by atoms with E-state index in [2.05, 4.69) is 4.90 Å². The normalized spacial score (nSPS) is 27.5. The van der Waals surface area contributed by atoms with Gasteiger partial charge in [-0.3, -0.25) is 10.3 Å². The van der Waals surface area contributed by atoms with Crippen molar-refractivity contribution in [3.63, 3.8) is 0 Å². The van der Waals surface area contributed by atoms with Gasteiger partial charge in [-0.15, -0.1) is 0 Å². The summed E-state index contributed by atoms with van der Waals surface area (Å²) in [6.07, 6.45) is 1.65. The van der Waals surface area contributed by atoms with Crippen molar-refractivity contribution in [2.24, 2.45) is 11.7 Å². The maximum Gasteiger partial charge on any atom is 0.108 e. The lowest BCUT2D eigenvalue weighted by molar-refractivity contribution is 0.125. The molecule has 0 spiro atoms. The summed E-state index contributed by atoms with van der Waals surface area (Å²) in [5.41, 5.74) is 5.53. The molecule has 0 amide bonds. The van der Waals surface area contributed by atoms with E-state index in [1.165, 1.54) is 0 Å². The lowest BCUT2D eigenvalue weighted by atomic mass is 10.0. The first kappa shape index (κ1) is 11.5. The van der Waals surface area contributed by atoms with Crippen LogP contribution in [-0.4, -0.2) is 41.1 Å². The van der Waals surface area contributed by atoms with Gasteiger partial charge in [0, 0.05) is 6.54 Å². The Bertz CT molecular complexity index is 206. The molecule has 0 saturated carbocycles. The van der Waals surface area contributed by atoms with Gasteiger partial charge in [-0.2, -0.15) is 0 Å². The van der Waals surface area contributed by atoms with Crippen molar-refractivity contribution < 1.29 is 5.11 Å². The molecule has 14 heavy (non-hydrogen) atoms. The third kappa shape index (κ3) is 2.45. The van der Waals surface area contributed by atoms with Crippen LogP contribution in [-0.2, 0) is 0 Å². The molecule has 1 aliphatic heterocycles. The van der Waals surface area contributed by atoms with E-state index in [1.807, 2.05) is 13.8 Å². The topological polar surface area (TPSA) is 73.3 Å². The molecule has 1 saturated heterocycles. The number of hydrogen-bond acceptors (Lipinski definition) is 3. The fourth-order valence-electron chi connectivity index (χ4n) is 2.17. The highest BCUT2D eigenvalue weighted by Crippen LogP contribution is 2.22. The largest absolute Gasteiger partial charge is 0.393 e. The van der Waals surface area contributed by atoms with Crippen molar-refractivity contribution in [1.82, 2.24) is 4.90 Å². The van der Waals surface area contributed by atoms with Crippen LogP contribution in [0.2, 0.25) is 0 Å². The van der Waals surface area contributed by atoms with Crippen molar-refractivity contribution in [1.29, 1.82) is 5.41 Å². The Morgan fingerprint density at radius 2 is 2.36 bits per heavy atom. The van der Waals surface area contributed by atoms with Crippen molar-refractivity contribution in [2.75, 3.05) is 13.1 Å². The third-order valence-electron chi connectivity index (χ3n) is 3.12. The highest BCUT2D eigenvalue weighted by atomic mass is 16.3. The summed E-state index contributed by atoms with van der Waals surface area (Å²) in [5.74, 6) is 0.599. The molecule has 1 rings (SSSR count). The molecular formula is C10H21N3O. The van der Waals surface area contributed by atoms with Crippen LogP contribution in [0, 0.1) is 11.3 Å². The molecule has 1 aliphatic rings. The number of nitrogens with zero attached hydrogens (tertiary/aromatic N) is 1. The first-order valence-corrected chi connectivity index (χ1v) is 5.32. The van der Waals surface area contributed by atoms with Gasteiger partial charge < -0.3 is 10.8 Å². The van der Waals surface area contributed by atoms with Gasteiger partial charge in [-0.1, -0.05) is 6.92 Å². The second-order valence-electron chi connectivity index (χ2n) is 4.16. The zero-order valence-electron chi connectivity index (χ0n) is 9.03. The van der Waals surface area contributed by atoms with Gasteiger partial charge in [0.05, 0.1) is 12.1 Å². The number of likely N-dealkylation sites (tertiary alicyclic amines) is 1. The fourth-order valence-corrected chi connectivity index (χ4v) is 2.17. The summed E-state index contributed by atoms with van der Waals surface area (Å²) in [7, 11) is 0. The number of nitrogens with two attached hydrogens (primary N) is 1. The standard InChI is InChI=1S/C10H21N3O/c1-3-9(10(11)12)13-5-4-8(6-13)7(2)14/h7-9,14H,3-6H2,1-2H3,(H3,11,12). The summed E-state index contributed by atoms with van der Waals surface area (Å²) >= 11 is 0. The Morgan fingerprint density at radius 3 is 2.71 bits per heavy atom. The molecule has 0 aromatic heterocycles. The molecule has 3 unspecified atom stereocenters. The van der Waals surface area contributed by atoms with Crippen LogP contribution < -0.4 is 5.73 Å². The van der Waals surface area contributed by atoms with Gasteiger partial charge in [-0.25, -0.2) is 0 Å². The van der Waals surface area contributed by atoms with E-state index < -0.39 is 0 Å². The van der Waals surface area contributed by atoms with Crippen LogP contribution >= 0.6 is 0 Å².